The number of benzene rings is 1. The van der Waals surface area contributed by atoms with Crippen LogP contribution in [0.3, 0.4) is 0 Å². The number of thiophene rings is 1. The zero-order valence-corrected chi connectivity index (χ0v) is 11.1. The third-order valence-electron chi connectivity index (χ3n) is 2.44. The standard InChI is InChI=1S/C12H13NO3S2/c14-9-11(10-5-2-1-3-6-10)13-18(15,16)12-7-4-8-17-12/h1-8,11,13-14H,9H2. The fraction of sp³-hybridized carbons (Fsp3) is 0.167. The Morgan fingerprint density at radius 3 is 2.44 bits per heavy atom. The van der Waals surface area contributed by atoms with Crippen LogP contribution >= 0.6 is 11.3 Å². The van der Waals surface area contributed by atoms with Crippen LogP contribution in [0.5, 0.6) is 0 Å². The topological polar surface area (TPSA) is 66.4 Å². The summed E-state index contributed by atoms with van der Waals surface area (Å²) < 4.78 is 26.8. The summed E-state index contributed by atoms with van der Waals surface area (Å²) in [5, 5.41) is 11.0. The van der Waals surface area contributed by atoms with Crippen molar-refractivity contribution >= 4 is 21.4 Å². The number of hydrogen-bond acceptors (Lipinski definition) is 4. The van der Waals surface area contributed by atoms with E-state index in [4.69, 9.17) is 0 Å². The fourth-order valence-electron chi connectivity index (χ4n) is 1.56. The summed E-state index contributed by atoms with van der Waals surface area (Å²) in [6, 6.07) is 11.6. The minimum Gasteiger partial charge on any atom is -0.394 e. The van der Waals surface area contributed by atoms with E-state index >= 15 is 0 Å². The lowest BCUT2D eigenvalue weighted by Crippen LogP contribution is -2.30. The van der Waals surface area contributed by atoms with Crippen LogP contribution in [-0.4, -0.2) is 20.1 Å². The molecule has 0 aliphatic carbocycles. The molecule has 0 amide bonds. The van der Waals surface area contributed by atoms with E-state index in [-0.39, 0.29) is 10.8 Å². The predicted molar refractivity (Wildman–Crippen MR) is 70.9 cm³/mol. The molecule has 0 spiro atoms. The summed E-state index contributed by atoms with van der Waals surface area (Å²) in [4.78, 5) is 0. The van der Waals surface area contributed by atoms with Crippen molar-refractivity contribution in [2.24, 2.45) is 0 Å². The summed E-state index contributed by atoms with van der Waals surface area (Å²) in [6.45, 7) is -0.283. The van der Waals surface area contributed by atoms with Gasteiger partial charge in [-0.25, -0.2) is 13.1 Å². The molecule has 0 saturated heterocycles. The zero-order valence-electron chi connectivity index (χ0n) is 9.48. The highest BCUT2D eigenvalue weighted by atomic mass is 32.2. The van der Waals surface area contributed by atoms with Crippen molar-refractivity contribution in [3.63, 3.8) is 0 Å². The van der Waals surface area contributed by atoms with Crippen molar-refractivity contribution < 1.29 is 13.5 Å². The van der Waals surface area contributed by atoms with Crippen LogP contribution in [0.4, 0.5) is 0 Å². The maximum atomic E-state index is 12.0. The normalized spacial score (nSPS) is 13.4. The van der Waals surface area contributed by atoms with Crippen LogP contribution in [0.2, 0.25) is 0 Å². The van der Waals surface area contributed by atoms with E-state index in [2.05, 4.69) is 4.72 Å². The van der Waals surface area contributed by atoms with Crippen molar-refractivity contribution in [1.29, 1.82) is 0 Å². The minimum atomic E-state index is -3.57. The van der Waals surface area contributed by atoms with E-state index in [1.165, 1.54) is 6.07 Å². The first-order valence-electron chi connectivity index (χ1n) is 5.35. The third-order valence-corrected chi connectivity index (χ3v) is 5.31. The Hall–Kier alpha value is -1.21. The Morgan fingerprint density at radius 1 is 1.17 bits per heavy atom. The van der Waals surface area contributed by atoms with Crippen molar-refractivity contribution in [2.45, 2.75) is 10.3 Å². The molecule has 0 radical (unpaired) electrons. The first-order chi connectivity index (χ1) is 8.63. The predicted octanol–water partition coefficient (Wildman–Crippen LogP) is 1.76. The second-order valence-electron chi connectivity index (χ2n) is 3.70. The van der Waals surface area contributed by atoms with Gasteiger partial charge in [0.2, 0.25) is 0 Å². The monoisotopic (exact) mass is 283 g/mol. The molecule has 0 bridgehead atoms. The maximum Gasteiger partial charge on any atom is 0.250 e. The molecule has 2 N–H and O–H groups in total. The summed E-state index contributed by atoms with van der Waals surface area (Å²) in [6.07, 6.45) is 0. The summed E-state index contributed by atoms with van der Waals surface area (Å²) in [5.41, 5.74) is 0.736. The molecule has 0 saturated carbocycles. The molecule has 1 unspecified atom stereocenters. The van der Waals surface area contributed by atoms with Gasteiger partial charge in [0.25, 0.3) is 10.0 Å². The summed E-state index contributed by atoms with van der Waals surface area (Å²) in [5.74, 6) is 0. The van der Waals surface area contributed by atoms with Gasteiger partial charge in [0.1, 0.15) is 4.21 Å². The minimum absolute atomic E-state index is 0.247. The summed E-state index contributed by atoms with van der Waals surface area (Å²) in [7, 11) is -3.57. The number of aliphatic hydroxyl groups is 1. The SMILES string of the molecule is O=S(=O)(NC(CO)c1ccccc1)c1cccs1. The van der Waals surface area contributed by atoms with Crippen LogP contribution in [0.15, 0.2) is 52.1 Å². The van der Waals surface area contributed by atoms with Crippen LogP contribution in [-0.2, 0) is 10.0 Å². The van der Waals surface area contributed by atoms with E-state index in [0.29, 0.717) is 0 Å². The highest BCUT2D eigenvalue weighted by molar-refractivity contribution is 7.91. The van der Waals surface area contributed by atoms with Gasteiger partial charge in [0.05, 0.1) is 12.6 Å². The molecule has 1 aromatic carbocycles. The van der Waals surface area contributed by atoms with Gasteiger partial charge in [0.15, 0.2) is 0 Å². The highest BCUT2D eigenvalue weighted by Gasteiger charge is 2.21. The zero-order chi connectivity index (χ0) is 13.0. The average Bonchev–Trinajstić information content (AvgIpc) is 2.92. The number of hydrogen-bond donors (Lipinski definition) is 2. The summed E-state index contributed by atoms with van der Waals surface area (Å²) >= 11 is 1.15. The molecule has 1 aromatic heterocycles. The lowest BCUT2D eigenvalue weighted by atomic mass is 10.1. The average molecular weight is 283 g/mol. The molecule has 0 aliphatic rings. The van der Waals surface area contributed by atoms with Crippen molar-refractivity contribution in [3.05, 3.63) is 53.4 Å². The number of aliphatic hydroxyl groups excluding tert-OH is 1. The second-order valence-corrected chi connectivity index (χ2v) is 6.59. The Bertz CT molecular complexity index is 579. The van der Waals surface area contributed by atoms with Gasteiger partial charge in [-0.15, -0.1) is 11.3 Å². The Labute approximate surface area is 110 Å². The van der Waals surface area contributed by atoms with Crippen molar-refractivity contribution in [2.75, 3.05) is 6.61 Å². The fourth-order valence-corrected chi connectivity index (χ4v) is 3.78. The van der Waals surface area contributed by atoms with Gasteiger partial charge in [-0.2, -0.15) is 0 Å². The van der Waals surface area contributed by atoms with Gasteiger partial charge >= 0.3 is 0 Å². The molecular formula is C12H13NO3S2. The highest BCUT2D eigenvalue weighted by Crippen LogP contribution is 2.20. The van der Waals surface area contributed by atoms with Gasteiger partial charge in [0, 0.05) is 0 Å². The Balaban J connectivity index is 2.22. The Morgan fingerprint density at radius 2 is 1.89 bits per heavy atom. The third kappa shape index (κ3) is 2.97. The molecule has 96 valence electrons. The van der Waals surface area contributed by atoms with E-state index in [0.717, 1.165) is 16.9 Å². The first kappa shape index (κ1) is 13.2. The first-order valence-corrected chi connectivity index (χ1v) is 7.71. The number of nitrogens with one attached hydrogen (secondary N) is 1. The largest absolute Gasteiger partial charge is 0.394 e. The molecular weight excluding hydrogens is 270 g/mol. The van der Waals surface area contributed by atoms with E-state index < -0.39 is 16.1 Å². The second kappa shape index (κ2) is 5.62. The van der Waals surface area contributed by atoms with E-state index in [9.17, 15) is 13.5 Å². The molecule has 1 heterocycles. The molecule has 0 fully saturated rings. The maximum absolute atomic E-state index is 12.0. The van der Waals surface area contributed by atoms with Crippen molar-refractivity contribution in [3.8, 4) is 0 Å². The Kier molecular flexibility index (Phi) is 4.13. The van der Waals surface area contributed by atoms with Crippen LogP contribution in [0, 0.1) is 0 Å². The lowest BCUT2D eigenvalue weighted by Gasteiger charge is -2.16. The van der Waals surface area contributed by atoms with E-state index in [1.807, 2.05) is 6.07 Å². The molecule has 18 heavy (non-hydrogen) atoms. The van der Waals surface area contributed by atoms with E-state index in [1.54, 1.807) is 35.7 Å². The van der Waals surface area contributed by atoms with Crippen LogP contribution in [0.25, 0.3) is 0 Å². The van der Waals surface area contributed by atoms with Gasteiger partial charge in [-0.1, -0.05) is 36.4 Å². The molecule has 2 aromatic rings. The smallest absolute Gasteiger partial charge is 0.250 e. The lowest BCUT2D eigenvalue weighted by molar-refractivity contribution is 0.259. The van der Waals surface area contributed by atoms with Gasteiger partial charge < -0.3 is 5.11 Å². The number of rotatable bonds is 5. The quantitative estimate of drug-likeness (QED) is 0.878. The molecule has 2 rings (SSSR count). The molecule has 6 heteroatoms. The van der Waals surface area contributed by atoms with Crippen LogP contribution in [0.1, 0.15) is 11.6 Å². The molecule has 1 atom stereocenters. The molecule has 0 aliphatic heterocycles. The van der Waals surface area contributed by atoms with Crippen molar-refractivity contribution in [1.82, 2.24) is 4.72 Å². The molecule has 4 nitrogen and oxygen atoms in total. The van der Waals surface area contributed by atoms with Gasteiger partial charge in [-0.3, -0.25) is 0 Å². The van der Waals surface area contributed by atoms with Gasteiger partial charge in [-0.05, 0) is 17.0 Å². The van der Waals surface area contributed by atoms with Crippen LogP contribution < -0.4 is 4.72 Å². The number of sulfonamides is 1.